The normalized spacial score (nSPS) is 30.3. The third-order valence-corrected chi connectivity index (χ3v) is 7.49. The average molecular weight is 406 g/mol. The summed E-state index contributed by atoms with van der Waals surface area (Å²) in [6.45, 7) is 1.47. The highest BCUT2D eigenvalue weighted by molar-refractivity contribution is 5.78. The largest absolute Gasteiger partial charge is 0.463 e. The lowest BCUT2D eigenvalue weighted by atomic mass is 9.74. The summed E-state index contributed by atoms with van der Waals surface area (Å²) in [6, 6.07) is 14.8. The number of fused-ring (bicyclic) bond motifs is 1. The van der Waals surface area contributed by atoms with Crippen LogP contribution in [0.1, 0.15) is 66.3 Å². The summed E-state index contributed by atoms with van der Waals surface area (Å²) in [5, 5.41) is 0. The number of amidine groups is 1. The molecule has 2 aromatic rings. The summed E-state index contributed by atoms with van der Waals surface area (Å²) >= 11 is 0. The first-order chi connectivity index (χ1) is 14.6. The van der Waals surface area contributed by atoms with Gasteiger partial charge in [0.25, 0.3) is 6.02 Å². The maximum atomic E-state index is 13.7. The van der Waals surface area contributed by atoms with E-state index in [4.69, 9.17) is 15.5 Å². The van der Waals surface area contributed by atoms with Crippen LogP contribution >= 0.6 is 0 Å². The lowest BCUT2D eigenvalue weighted by Gasteiger charge is -2.39. The van der Waals surface area contributed by atoms with Crippen LogP contribution in [-0.2, 0) is 11.2 Å². The molecule has 30 heavy (non-hydrogen) atoms. The second-order valence-electron chi connectivity index (χ2n) is 9.56. The van der Waals surface area contributed by atoms with Crippen molar-refractivity contribution in [3.05, 3.63) is 70.5 Å². The second-order valence-corrected chi connectivity index (χ2v) is 9.56. The van der Waals surface area contributed by atoms with Gasteiger partial charge in [-0.05, 0) is 72.4 Å². The van der Waals surface area contributed by atoms with Crippen LogP contribution in [0.4, 0.5) is 4.39 Å². The number of nitrogens with zero attached hydrogens (tertiary/aromatic N) is 2. The van der Waals surface area contributed by atoms with Gasteiger partial charge in [-0.25, -0.2) is 9.38 Å². The molecule has 0 saturated heterocycles. The predicted octanol–water partition coefficient (Wildman–Crippen LogP) is 4.29. The Morgan fingerprint density at radius 2 is 1.83 bits per heavy atom. The van der Waals surface area contributed by atoms with Crippen molar-refractivity contribution in [2.24, 2.45) is 10.7 Å². The molecule has 2 aromatic carbocycles. The quantitative estimate of drug-likeness (QED) is 0.811. The Labute approximate surface area is 176 Å². The third kappa shape index (κ3) is 2.94. The molecule has 1 spiro atoms. The molecule has 2 saturated carbocycles. The van der Waals surface area contributed by atoms with Crippen molar-refractivity contribution in [1.82, 2.24) is 4.90 Å². The van der Waals surface area contributed by atoms with Gasteiger partial charge >= 0.3 is 0 Å². The smallest absolute Gasteiger partial charge is 0.288 e. The molecule has 156 valence electrons. The van der Waals surface area contributed by atoms with E-state index in [1.54, 1.807) is 12.1 Å². The molecule has 2 heterocycles. The third-order valence-electron chi connectivity index (χ3n) is 7.49. The van der Waals surface area contributed by atoms with Crippen LogP contribution < -0.4 is 5.73 Å². The Morgan fingerprint density at radius 3 is 2.53 bits per heavy atom. The van der Waals surface area contributed by atoms with E-state index in [9.17, 15) is 4.39 Å². The first-order valence-electron chi connectivity index (χ1n) is 11.2. The van der Waals surface area contributed by atoms with Crippen molar-refractivity contribution in [2.75, 3.05) is 13.2 Å². The highest BCUT2D eigenvalue weighted by Gasteiger charge is 2.49. The number of rotatable bonds is 2. The molecular formula is C25H28FN3O. The summed E-state index contributed by atoms with van der Waals surface area (Å²) in [5.41, 5.74) is 11.1. The number of hydrogen-bond acceptors (Lipinski definition) is 4. The molecule has 2 aliphatic heterocycles. The summed E-state index contributed by atoms with van der Waals surface area (Å²) in [4.78, 5) is 7.28. The Bertz CT molecular complexity index is 992. The first kappa shape index (κ1) is 18.4. The fourth-order valence-electron chi connectivity index (χ4n) is 5.59. The summed E-state index contributed by atoms with van der Waals surface area (Å²) < 4.78 is 19.8. The molecule has 5 heteroatoms. The summed E-state index contributed by atoms with van der Waals surface area (Å²) in [7, 11) is 0. The van der Waals surface area contributed by atoms with Gasteiger partial charge in [-0.1, -0.05) is 36.8 Å². The van der Waals surface area contributed by atoms with Gasteiger partial charge in [0, 0.05) is 12.6 Å². The molecule has 6 rings (SSSR count). The number of aliphatic imine (C=N–C) groups is 1. The summed E-state index contributed by atoms with van der Waals surface area (Å²) in [5.74, 6) is 0.515. The van der Waals surface area contributed by atoms with Crippen molar-refractivity contribution in [3.63, 3.8) is 0 Å². The maximum Gasteiger partial charge on any atom is 0.288 e. The van der Waals surface area contributed by atoms with Crippen molar-refractivity contribution >= 4 is 6.02 Å². The first-order valence-corrected chi connectivity index (χ1v) is 11.2. The molecule has 4 nitrogen and oxygen atoms in total. The van der Waals surface area contributed by atoms with Crippen molar-refractivity contribution in [2.45, 2.75) is 62.1 Å². The zero-order valence-electron chi connectivity index (χ0n) is 17.2. The maximum absolute atomic E-state index is 13.7. The minimum absolute atomic E-state index is 0.00700. The molecule has 1 atom stereocenters. The van der Waals surface area contributed by atoms with E-state index in [0.29, 0.717) is 6.61 Å². The van der Waals surface area contributed by atoms with Gasteiger partial charge in [0.05, 0.1) is 6.04 Å². The van der Waals surface area contributed by atoms with E-state index in [-0.39, 0.29) is 23.4 Å². The van der Waals surface area contributed by atoms with Gasteiger partial charge < -0.3 is 15.4 Å². The van der Waals surface area contributed by atoms with Crippen molar-refractivity contribution in [1.29, 1.82) is 0 Å². The summed E-state index contributed by atoms with van der Waals surface area (Å²) in [6.07, 6.45) is 6.72. The van der Waals surface area contributed by atoms with E-state index in [1.807, 2.05) is 12.1 Å². The average Bonchev–Trinajstić information content (AvgIpc) is 3.11. The Kier molecular flexibility index (Phi) is 4.17. The highest BCUT2D eigenvalue weighted by atomic mass is 19.1. The highest BCUT2D eigenvalue weighted by Crippen LogP contribution is 2.43. The standard InChI is InChI=1S/C25H28FN3O/c26-20-7-4-17(5-8-20)23-22-9-6-18(16-2-1-3-16)12-19(22)10-11-29(23)24-28-25(15-30-24)13-21(27)14-25/h4-9,12,16,21,23H,1-3,10-11,13-15,27H2/t21?,23-,25?/m0/s1. The Morgan fingerprint density at radius 1 is 1.07 bits per heavy atom. The topological polar surface area (TPSA) is 50.9 Å². The molecule has 0 unspecified atom stereocenters. The molecule has 2 aliphatic carbocycles. The van der Waals surface area contributed by atoms with Crippen LogP contribution in [0.15, 0.2) is 47.5 Å². The number of nitrogens with two attached hydrogens (primary N) is 1. The van der Waals surface area contributed by atoms with Gasteiger partial charge in [0.1, 0.15) is 18.0 Å². The predicted molar refractivity (Wildman–Crippen MR) is 115 cm³/mol. The minimum Gasteiger partial charge on any atom is -0.463 e. The van der Waals surface area contributed by atoms with E-state index >= 15 is 0 Å². The molecule has 0 aromatic heterocycles. The SMILES string of the molecule is NC1CC2(COC(N3CCc4cc(C5CCC5)ccc4[C@@H]3c3ccc(F)cc3)=N2)C1. The molecule has 2 fully saturated rings. The molecule has 0 bridgehead atoms. The van der Waals surface area contributed by atoms with Crippen LogP contribution in [0.3, 0.4) is 0 Å². The molecule has 2 N–H and O–H groups in total. The number of halogens is 1. The van der Waals surface area contributed by atoms with Crippen LogP contribution in [0.5, 0.6) is 0 Å². The zero-order valence-corrected chi connectivity index (χ0v) is 17.2. The van der Waals surface area contributed by atoms with Gasteiger partial charge in [-0.15, -0.1) is 0 Å². The number of ether oxygens (including phenoxy) is 1. The van der Waals surface area contributed by atoms with E-state index in [0.717, 1.165) is 43.3 Å². The molecular weight excluding hydrogens is 377 g/mol. The van der Waals surface area contributed by atoms with Gasteiger partial charge in [-0.3, -0.25) is 0 Å². The van der Waals surface area contributed by atoms with Gasteiger partial charge in [-0.2, -0.15) is 0 Å². The second kappa shape index (κ2) is 6.81. The van der Waals surface area contributed by atoms with Gasteiger partial charge in [0.2, 0.25) is 0 Å². The van der Waals surface area contributed by atoms with Crippen LogP contribution in [0, 0.1) is 5.82 Å². The van der Waals surface area contributed by atoms with Crippen LogP contribution in [0.2, 0.25) is 0 Å². The molecule has 0 amide bonds. The zero-order chi connectivity index (χ0) is 20.3. The Balaban J connectivity index is 1.39. The minimum atomic E-state index is -0.210. The van der Waals surface area contributed by atoms with E-state index in [1.165, 1.54) is 36.0 Å². The van der Waals surface area contributed by atoms with E-state index in [2.05, 4.69) is 23.1 Å². The molecule has 4 aliphatic rings. The van der Waals surface area contributed by atoms with Crippen LogP contribution in [-0.4, -0.2) is 35.7 Å². The number of hydrogen-bond donors (Lipinski definition) is 1. The fourth-order valence-corrected chi connectivity index (χ4v) is 5.59. The fraction of sp³-hybridized carbons (Fsp3) is 0.480. The van der Waals surface area contributed by atoms with Gasteiger partial charge in [0.15, 0.2) is 0 Å². The lowest BCUT2D eigenvalue weighted by Crippen LogP contribution is -2.51. The molecule has 0 radical (unpaired) electrons. The van der Waals surface area contributed by atoms with Crippen LogP contribution in [0.25, 0.3) is 0 Å². The van der Waals surface area contributed by atoms with E-state index < -0.39 is 0 Å². The lowest BCUT2D eigenvalue weighted by molar-refractivity contribution is 0.140. The Hall–Kier alpha value is -2.40. The van der Waals surface area contributed by atoms with Crippen molar-refractivity contribution in [3.8, 4) is 0 Å². The number of benzene rings is 2. The van der Waals surface area contributed by atoms with Crippen molar-refractivity contribution < 1.29 is 9.13 Å². The monoisotopic (exact) mass is 405 g/mol.